The Morgan fingerprint density at radius 2 is 2.14 bits per heavy atom. The molecule has 0 atom stereocenters. The highest BCUT2D eigenvalue weighted by molar-refractivity contribution is 6.31. The van der Waals surface area contributed by atoms with Gasteiger partial charge in [-0.05, 0) is 30.3 Å². The number of halogens is 2. The Labute approximate surface area is 126 Å². The monoisotopic (exact) mass is 308 g/mol. The lowest BCUT2D eigenvalue weighted by atomic mass is 10.1. The summed E-state index contributed by atoms with van der Waals surface area (Å²) in [6.45, 7) is 0.368. The van der Waals surface area contributed by atoms with Crippen LogP contribution >= 0.6 is 11.6 Å². The van der Waals surface area contributed by atoms with Crippen molar-refractivity contribution in [1.29, 1.82) is 0 Å². The maximum absolute atomic E-state index is 13.4. The van der Waals surface area contributed by atoms with Crippen LogP contribution in [0.4, 0.5) is 10.1 Å². The van der Waals surface area contributed by atoms with E-state index >= 15 is 0 Å². The number of carbonyl (C=O) groups is 1. The Balaban J connectivity index is 2.21. The van der Waals surface area contributed by atoms with Crippen molar-refractivity contribution in [3.63, 3.8) is 0 Å². The molecular formula is C15H14ClFN2O2. The zero-order valence-electron chi connectivity index (χ0n) is 11.3. The fraction of sp³-hybridized carbons (Fsp3) is 0.133. The van der Waals surface area contributed by atoms with Crippen molar-refractivity contribution in [1.82, 2.24) is 0 Å². The molecule has 2 aromatic rings. The maximum Gasteiger partial charge on any atom is 0.251 e. The van der Waals surface area contributed by atoms with Gasteiger partial charge in [-0.3, -0.25) is 4.79 Å². The SMILES string of the molecule is COc1cccc(Cl)c1CNc1ccc(F)c(C(N)=O)c1. The van der Waals surface area contributed by atoms with E-state index in [-0.39, 0.29) is 5.56 Å². The number of anilines is 1. The molecule has 110 valence electrons. The van der Waals surface area contributed by atoms with Crippen molar-refractivity contribution in [3.8, 4) is 5.75 Å². The van der Waals surface area contributed by atoms with Crippen LogP contribution in [0, 0.1) is 5.82 Å². The van der Waals surface area contributed by atoms with Gasteiger partial charge in [0, 0.05) is 22.8 Å². The van der Waals surface area contributed by atoms with Crippen molar-refractivity contribution >= 4 is 23.2 Å². The number of rotatable bonds is 5. The molecule has 0 heterocycles. The summed E-state index contributed by atoms with van der Waals surface area (Å²) in [5, 5.41) is 3.61. The van der Waals surface area contributed by atoms with E-state index in [2.05, 4.69) is 5.32 Å². The van der Waals surface area contributed by atoms with Gasteiger partial charge >= 0.3 is 0 Å². The summed E-state index contributed by atoms with van der Waals surface area (Å²) < 4.78 is 18.6. The number of nitrogens with two attached hydrogens (primary N) is 1. The molecule has 0 aliphatic rings. The number of primary amides is 1. The van der Waals surface area contributed by atoms with E-state index < -0.39 is 11.7 Å². The summed E-state index contributed by atoms with van der Waals surface area (Å²) in [5.74, 6) is -0.818. The minimum atomic E-state index is -0.813. The lowest BCUT2D eigenvalue weighted by Crippen LogP contribution is -2.13. The lowest BCUT2D eigenvalue weighted by Gasteiger charge is -2.12. The normalized spacial score (nSPS) is 10.2. The molecule has 0 aliphatic heterocycles. The molecule has 2 aromatic carbocycles. The van der Waals surface area contributed by atoms with Crippen molar-refractivity contribution in [2.24, 2.45) is 5.73 Å². The van der Waals surface area contributed by atoms with Gasteiger partial charge in [0.15, 0.2) is 0 Å². The molecule has 21 heavy (non-hydrogen) atoms. The third-order valence-corrected chi connectivity index (χ3v) is 3.35. The van der Waals surface area contributed by atoms with Gasteiger partial charge in [0.2, 0.25) is 0 Å². The minimum Gasteiger partial charge on any atom is -0.496 e. The molecule has 0 fully saturated rings. The molecule has 0 bridgehead atoms. The van der Waals surface area contributed by atoms with Crippen LogP contribution in [0.5, 0.6) is 5.75 Å². The molecule has 6 heteroatoms. The highest BCUT2D eigenvalue weighted by Crippen LogP contribution is 2.27. The quantitative estimate of drug-likeness (QED) is 0.891. The van der Waals surface area contributed by atoms with Gasteiger partial charge in [-0.15, -0.1) is 0 Å². The smallest absolute Gasteiger partial charge is 0.251 e. The average molecular weight is 309 g/mol. The Morgan fingerprint density at radius 1 is 1.38 bits per heavy atom. The van der Waals surface area contributed by atoms with Crippen molar-refractivity contribution in [3.05, 3.63) is 58.4 Å². The van der Waals surface area contributed by atoms with E-state index in [0.717, 1.165) is 5.56 Å². The summed E-state index contributed by atoms with van der Waals surface area (Å²) in [5.41, 5.74) is 6.28. The maximum atomic E-state index is 13.4. The van der Waals surface area contributed by atoms with Gasteiger partial charge < -0.3 is 15.8 Å². The number of benzene rings is 2. The Hall–Kier alpha value is -2.27. The zero-order chi connectivity index (χ0) is 15.4. The number of amides is 1. The van der Waals surface area contributed by atoms with E-state index in [1.165, 1.54) is 18.2 Å². The number of hydrogen-bond donors (Lipinski definition) is 2. The van der Waals surface area contributed by atoms with Crippen LogP contribution in [0.25, 0.3) is 0 Å². The summed E-state index contributed by atoms with van der Waals surface area (Å²) in [6.07, 6.45) is 0. The van der Waals surface area contributed by atoms with Gasteiger partial charge in [-0.2, -0.15) is 0 Å². The zero-order valence-corrected chi connectivity index (χ0v) is 12.1. The van der Waals surface area contributed by atoms with Gasteiger partial charge in [0.25, 0.3) is 5.91 Å². The minimum absolute atomic E-state index is 0.161. The predicted molar refractivity (Wildman–Crippen MR) is 80.2 cm³/mol. The van der Waals surface area contributed by atoms with Gasteiger partial charge in [0.05, 0.1) is 12.7 Å². The average Bonchev–Trinajstić information content (AvgIpc) is 2.46. The first kappa shape index (κ1) is 15.1. The molecule has 0 aromatic heterocycles. The van der Waals surface area contributed by atoms with E-state index in [4.69, 9.17) is 22.1 Å². The lowest BCUT2D eigenvalue weighted by molar-refractivity contribution is 0.0996. The summed E-state index contributed by atoms with van der Waals surface area (Å²) >= 11 is 6.13. The fourth-order valence-corrected chi connectivity index (χ4v) is 2.15. The first-order valence-corrected chi connectivity index (χ1v) is 6.55. The third-order valence-electron chi connectivity index (χ3n) is 3.00. The molecular weight excluding hydrogens is 295 g/mol. The van der Waals surface area contributed by atoms with E-state index in [1.807, 2.05) is 0 Å². The van der Waals surface area contributed by atoms with E-state index in [0.29, 0.717) is 23.0 Å². The summed E-state index contributed by atoms with van der Waals surface area (Å²) in [4.78, 5) is 11.1. The Kier molecular flexibility index (Phi) is 4.65. The topological polar surface area (TPSA) is 64.3 Å². The Bertz CT molecular complexity index is 677. The molecule has 0 spiro atoms. The Morgan fingerprint density at radius 3 is 2.81 bits per heavy atom. The fourth-order valence-electron chi connectivity index (χ4n) is 1.92. The number of nitrogens with one attached hydrogen (secondary N) is 1. The number of methoxy groups -OCH3 is 1. The second-order valence-electron chi connectivity index (χ2n) is 4.33. The second-order valence-corrected chi connectivity index (χ2v) is 4.74. The van der Waals surface area contributed by atoms with E-state index in [9.17, 15) is 9.18 Å². The molecule has 3 N–H and O–H groups in total. The molecule has 0 saturated carbocycles. The van der Waals surface area contributed by atoms with Gasteiger partial charge in [-0.1, -0.05) is 17.7 Å². The number of carbonyl (C=O) groups excluding carboxylic acids is 1. The first-order valence-electron chi connectivity index (χ1n) is 6.17. The molecule has 2 rings (SSSR count). The largest absolute Gasteiger partial charge is 0.496 e. The van der Waals surface area contributed by atoms with E-state index in [1.54, 1.807) is 25.3 Å². The second kappa shape index (κ2) is 6.45. The number of hydrogen-bond acceptors (Lipinski definition) is 3. The molecule has 1 amide bonds. The predicted octanol–water partition coefficient (Wildman–Crippen LogP) is 3.20. The summed E-state index contributed by atoms with van der Waals surface area (Å²) in [6, 6.07) is 9.40. The van der Waals surface area contributed by atoms with Crippen LogP contribution in [0.3, 0.4) is 0 Å². The van der Waals surface area contributed by atoms with Crippen molar-refractivity contribution < 1.29 is 13.9 Å². The molecule has 4 nitrogen and oxygen atoms in total. The van der Waals surface area contributed by atoms with Gasteiger partial charge in [-0.25, -0.2) is 4.39 Å². The molecule has 0 saturated heterocycles. The first-order chi connectivity index (χ1) is 10.0. The molecule has 0 aliphatic carbocycles. The molecule has 0 radical (unpaired) electrons. The van der Waals surface area contributed by atoms with Crippen LogP contribution in [-0.4, -0.2) is 13.0 Å². The van der Waals surface area contributed by atoms with Crippen molar-refractivity contribution in [2.45, 2.75) is 6.54 Å². The number of ether oxygens (including phenoxy) is 1. The van der Waals surface area contributed by atoms with Crippen LogP contribution < -0.4 is 15.8 Å². The molecule has 0 unspecified atom stereocenters. The third kappa shape index (κ3) is 3.44. The van der Waals surface area contributed by atoms with Gasteiger partial charge in [0.1, 0.15) is 11.6 Å². The standard InChI is InChI=1S/C15H14ClFN2O2/c1-21-14-4-2-3-12(16)11(14)8-19-9-5-6-13(17)10(7-9)15(18)20/h2-7,19H,8H2,1H3,(H2,18,20). The van der Waals surface area contributed by atoms with Crippen molar-refractivity contribution in [2.75, 3.05) is 12.4 Å². The van der Waals surface area contributed by atoms with Crippen LogP contribution in [0.1, 0.15) is 15.9 Å². The highest BCUT2D eigenvalue weighted by atomic mass is 35.5. The highest BCUT2D eigenvalue weighted by Gasteiger charge is 2.10. The van der Waals surface area contributed by atoms with Crippen LogP contribution in [-0.2, 0) is 6.54 Å². The van der Waals surface area contributed by atoms with Crippen LogP contribution in [0.2, 0.25) is 5.02 Å². The van der Waals surface area contributed by atoms with Crippen LogP contribution in [0.15, 0.2) is 36.4 Å². The summed E-state index contributed by atoms with van der Waals surface area (Å²) in [7, 11) is 1.55.